The average Bonchev–Trinajstić information content (AvgIpc) is 3.18. The first kappa shape index (κ1) is 15.3. The van der Waals surface area contributed by atoms with Crippen LogP contribution in [0.2, 0.25) is 0 Å². The van der Waals surface area contributed by atoms with Crippen LogP contribution in [0.15, 0.2) is 52.2 Å². The fraction of sp³-hybridized carbons (Fsp3) is 0.294. The van der Waals surface area contributed by atoms with Crippen LogP contribution in [0, 0.1) is 5.82 Å². The second-order valence-electron chi connectivity index (χ2n) is 5.63. The third-order valence-electron chi connectivity index (χ3n) is 3.76. The summed E-state index contributed by atoms with van der Waals surface area (Å²) in [5.74, 6) is 0.266. The van der Waals surface area contributed by atoms with Crippen LogP contribution in [0.3, 0.4) is 0 Å². The molecule has 0 bridgehead atoms. The van der Waals surface area contributed by atoms with E-state index in [2.05, 4.69) is 10.5 Å². The van der Waals surface area contributed by atoms with E-state index in [0.717, 1.165) is 11.3 Å². The van der Waals surface area contributed by atoms with Crippen LogP contribution >= 0.6 is 0 Å². The number of amides is 1. The molecule has 0 spiro atoms. The number of halogens is 1. The molecule has 0 saturated heterocycles. The highest BCUT2D eigenvalue weighted by molar-refractivity contribution is 6.05. The largest absolute Gasteiger partial charge is 0.469 e. The molecule has 1 aromatic heterocycles. The summed E-state index contributed by atoms with van der Waals surface area (Å²) in [6.45, 7) is 2.15. The van der Waals surface area contributed by atoms with Gasteiger partial charge in [-0.25, -0.2) is 4.39 Å². The van der Waals surface area contributed by atoms with E-state index in [9.17, 15) is 9.18 Å². The van der Waals surface area contributed by atoms with Gasteiger partial charge in [-0.05, 0) is 36.8 Å². The first-order valence-corrected chi connectivity index (χ1v) is 7.38. The molecule has 23 heavy (non-hydrogen) atoms. The van der Waals surface area contributed by atoms with E-state index in [0.29, 0.717) is 25.1 Å². The summed E-state index contributed by atoms with van der Waals surface area (Å²) in [5.41, 5.74) is 0.333. The summed E-state index contributed by atoms with van der Waals surface area (Å²) in [7, 11) is 0. The van der Waals surface area contributed by atoms with Crippen LogP contribution in [-0.4, -0.2) is 23.8 Å². The van der Waals surface area contributed by atoms with Crippen LogP contribution in [0.1, 0.15) is 24.7 Å². The Labute approximate surface area is 133 Å². The summed E-state index contributed by atoms with van der Waals surface area (Å²) >= 11 is 0. The Hall–Kier alpha value is -2.63. The summed E-state index contributed by atoms with van der Waals surface area (Å²) < 4.78 is 18.2. The van der Waals surface area contributed by atoms with E-state index in [1.54, 1.807) is 31.4 Å². The number of hydrogen-bond donors (Lipinski definition) is 1. The second kappa shape index (κ2) is 6.24. The minimum absolute atomic E-state index is 0.232. The van der Waals surface area contributed by atoms with Gasteiger partial charge in [0.05, 0.1) is 12.0 Å². The zero-order chi connectivity index (χ0) is 16.3. The van der Waals surface area contributed by atoms with Crippen molar-refractivity contribution < 1.29 is 18.4 Å². The molecular weight excluding hydrogens is 299 g/mol. The number of hydrogen-bond acceptors (Lipinski definition) is 4. The van der Waals surface area contributed by atoms with Crippen molar-refractivity contribution in [2.24, 2.45) is 5.16 Å². The Morgan fingerprint density at radius 2 is 2.13 bits per heavy atom. The lowest BCUT2D eigenvalue weighted by Crippen LogP contribution is -2.45. The summed E-state index contributed by atoms with van der Waals surface area (Å²) in [6, 6.07) is 9.63. The first-order chi connectivity index (χ1) is 11.1. The monoisotopic (exact) mass is 316 g/mol. The number of benzene rings is 1. The van der Waals surface area contributed by atoms with Crippen LogP contribution in [0.5, 0.6) is 0 Å². The molecule has 3 rings (SSSR count). The third kappa shape index (κ3) is 3.41. The van der Waals surface area contributed by atoms with E-state index in [1.807, 2.05) is 6.07 Å². The highest BCUT2D eigenvalue weighted by Gasteiger charge is 2.42. The molecule has 0 saturated carbocycles. The van der Waals surface area contributed by atoms with Gasteiger partial charge in [-0.2, -0.15) is 0 Å². The Bertz CT molecular complexity index is 710. The standard InChI is InChI=1S/C17H17FN2O3/c1-17(16(21)19-9-8-14-3-2-10-22-14)11-15(20-23-17)12-4-6-13(18)7-5-12/h2-7,10H,8-9,11H2,1H3,(H,19,21)/t17-/m1/s1. The van der Waals surface area contributed by atoms with Crippen LogP contribution in [0.4, 0.5) is 4.39 Å². The molecule has 1 amide bonds. The number of nitrogens with one attached hydrogen (secondary N) is 1. The van der Waals surface area contributed by atoms with E-state index in [1.165, 1.54) is 12.1 Å². The molecule has 1 atom stereocenters. The maximum atomic E-state index is 13.0. The molecule has 1 aromatic carbocycles. The molecule has 2 heterocycles. The van der Waals surface area contributed by atoms with E-state index >= 15 is 0 Å². The first-order valence-electron chi connectivity index (χ1n) is 7.38. The predicted molar refractivity (Wildman–Crippen MR) is 82.5 cm³/mol. The zero-order valence-corrected chi connectivity index (χ0v) is 12.7. The van der Waals surface area contributed by atoms with Gasteiger partial charge in [0.15, 0.2) is 0 Å². The van der Waals surface area contributed by atoms with Gasteiger partial charge >= 0.3 is 0 Å². The van der Waals surface area contributed by atoms with Crippen LogP contribution < -0.4 is 5.32 Å². The number of nitrogens with zero attached hydrogens (tertiary/aromatic N) is 1. The third-order valence-corrected chi connectivity index (χ3v) is 3.76. The van der Waals surface area contributed by atoms with Gasteiger partial charge in [0.25, 0.3) is 5.91 Å². The molecule has 6 heteroatoms. The second-order valence-corrected chi connectivity index (χ2v) is 5.63. The van der Waals surface area contributed by atoms with Crippen molar-refractivity contribution in [3.8, 4) is 0 Å². The Morgan fingerprint density at radius 3 is 2.83 bits per heavy atom. The normalized spacial score (nSPS) is 20.0. The molecule has 0 unspecified atom stereocenters. The lowest BCUT2D eigenvalue weighted by molar-refractivity contribution is -0.141. The van der Waals surface area contributed by atoms with Gasteiger partial charge in [0.2, 0.25) is 5.60 Å². The van der Waals surface area contributed by atoms with Crippen molar-refractivity contribution in [3.05, 3.63) is 59.8 Å². The van der Waals surface area contributed by atoms with Gasteiger partial charge in [-0.1, -0.05) is 17.3 Å². The van der Waals surface area contributed by atoms with Crippen molar-refractivity contribution in [2.75, 3.05) is 6.54 Å². The minimum Gasteiger partial charge on any atom is -0.469 e. The van der Waals surface area contributed by atoms with E-state index in [4.69, 9.17) is 9.25 Å². The topological polar surface area (TPSA) is 63.8 Å². The molecule has 1 N–H and O–H groups in total. The van der Waals surface area contributed by atoms with E-state index in [-0.39, 0.29) is 11.7 Å². The molecule has 2 aromatic rings. The molecular formula is C17H17FN2O3. The molecule has 1 aliphatic rings. The zero-order valence-electron chi connectivity index (χ0n) is 12.7. The smallest absolute Gasteiger partial charge is 0.267 e. The van der Waals surface area contributed by atoms with Crippen molar-refractivity contribution in [1.82, 2.24) is 5.32 Å². The molecule has 1 aliphatic heterocycles. The Kier molecular flexibility index (Phi) is 4.14. The van der Waals surface area contributed by atoms with Crippen LogP contribution in [-0.2, 0) is 16.1 Å². The van der Waals surface area contributed by atoms with Gasteiger partial charge in [-0.3, -0.25) is 4.79 Å². The maximum Gasteiger partial charge on any atom is 0.267 e. The Balaban J connectivity index is 1.56. The lowest BCUT2D eigenvalue weighted by Gasteiger charge is -2.20. The molecule has 0 fully saturated rings. The van der Waals surface area contributed by atoms with Crippen molar-refractivity contribution in [1.29, 1.82) is 0 Å². The number of oxime groups is 1. The van der Waals surface area contributed by atoms with Gasteiger partial charge in [0, 0.05) is 19.4 Å². The fourth-order valence-corrected chi connectivity index (χ4v) is 2.40. The van der Waals surface area contributed by atoms with Gasteiger partial charge in [-0.15, -0.1) is 0 Å². The number of furan rings is 1. The molecule has 0 radical (unpaired) electrons. The molecule has 120 valence electrons. The number of carbonyl (C=O) groups excluding carboxylic acids is 1. The predicted octanol–water partition coefficient (Wildman–Crippen LogP) is 2.66. The van der Waals surface area contributed by atoms with Crippen molar-refractivity contribution in [2.45, 2.75) is 25.4 Å². The van der Waals surface area contributed by atoms with Crippen LogP contribution in [0.25, 0.3) is 0 Å². The maximum absolute atomic E-state index is 13.0. The van der Waals surface area contributed by atoms with Crippen molar-refractivity contribution >= 4 is 11.6 Å². The number of carbonyl (C=O) groups is 1. The minimum atomic E-state index is -1.05. The highest BCUT2D eigenvalue weighted by atomic mass is 19.1. The van der Waals surface area contributed by atoms with Gasteiger partial charge < -0.3 is 14.6 Å². The highest BCUT2D eigenvalue weighted by Crippen LogP contribution is 2.26. The summed E-state index contributed by atoms with van der Waals surface area (Å²) in [5, 5.41) is 6.81. The van der Waals surface area contributed by atoms with Crippen molar-refractivity contribution in [3.63, 3.8) is 0 Å². The summed E-state index contributed by atoms with van der Waals surface area (Å²) in [6.07, 6.45) is 2.55. The SMILES string of the molecule is C[C@]1(C(=O)NCCc2ccco2)CC(c2ccc(F)cc2)=NO1. The van der Waals surface area contributed by atoms with Gasteiger partial charge in [0.1, 0.15) is 11.6 Å². The fourth-order valence-electron chi connectivity index (χ4n) is 2.40. The Morgan fingerprint density at radius 1 is 1.35 bits per heavy atom. The van der Waals surface area contributed by atoms with E-state index < -0.39 is 5.60 Å². The molecule has 0 aliphatic carbocycles. The molecule has 5 nitrogen and oxygen atoms in total. The number of rotatable bonds is 5. The lowest BCUT2D eigenvalue weighted by atomic mass is 9.95. The quantitative estimate of drug-likeness (QED) is 0.922. The summed E-state index contributed by atoms with van der Waals surface area (Å²) in [4.78, 5) is 17.7. The average molecular weight is 316 g/mol.